The van der Waals surface area contributed by atoms with Crippen LogP contribution in [-0.4, -0.2) is 28.9 Å². The van der Waals surface area contributed by atoms with Gasteiger partial charge in [0.25, 0.3) is 0 Å². The molecule has 0 aliphatic carbocycles. The first kappa shape index (κ1) is 10.6. The van der Waals surface area contributed by atoms with Crippen molar-refractivity contribution in [1.82, 2.24) is 20.4 Å². The summed E-state index contributed by atoms with van der Waals surface area (Å²) in [7, 11) is 1.99. The van der Waals surface area contributed by atoms with E-state index in [2.05, 4.69) is 22.7 Å². The molecule has 2 N–H and O–H groups in total. The largest absolute Gasteiger partial charge is 0.317 e. The molecule has 4 nitrogen and oxygen atoms in total. The van der Waals surface area contributed by atoms with Crippen LogP contribution in [0.2, 0.25) is 0 Å². The molecule has 0 spiro atoms. The van der Waals surface area contributed by atoms with Gasteiger partial charge in [-0.2, -0.15) is 5.10 Å². The maximum absolute atomic E-state index is 4.24. The van der Waals surface area contributed by atoms with Crippen LogP contribution in [0.15, 0.2) is 6.20 Å². The molecular formula is C11H20N4. The van der Waals surface area contributed by atoms with Gasteiger partial charge in [0.15, 0.2) is 0 Å². The van der Waals surface area contributed by atoms with Crippen LogP contribution in [0.1, 0.15) is 24.1 Å². The molecule has 0 unspecified atom stereocenters. The van der Waals surface area contributed by atoms with Gasteiger partial charge in [0, 0.05) is 30.9 Å². The fraction of sp³-hybridized carbons (Fsp3) is 0.727. The van der Waals surface area contributed by atoms with Crippen LogP contribution in [0, 0.1) is 6.92 Å². The van der Waals surface area contributed by atoms with Crippen LogP contribution in [0.3, 0.4) is 0 Å². The first-order valence-corrected chi connectivity index (χ1v) is 5.69. The van der Waals surface area contributed by atoms with Gasteiger partial charge in [-0.3, -0.25) is 4.68 Å². The Morgan fingerprint density at radius 3 is 2.87 bits per heavy atom. The highest BCUT2D eigenvalue weighted by Gasteiger charge is 2.12. The van der Waals surface area contributed by atoms with Gasteiger partial charge in [-0.25, -0.2) is 0 Å². The van der Waals surface area contributed by atoms with E-state index in [0.29, 0.717) is 6.04 Å². The maximum Gasteiger partial charge on any atom is 0.0537 e. The average Bonchev–Trinajstić information content (AvgIpc) is 2.59. The minimum atomic E-state index is 0.672. The zero-order valence-electron chi connectivity index (χ0n) is 9.58. The first-order chi connectivity index (χ1) is 7.27. The quantitative estimate of drug-likeness (QED) is 0.763. The number of hydrogen-bond acceptors (Lipinski definition) is 3. The lowest BCUT2D eigenvalue weighted by atomic mass is 10.1. The van der Waals surface area contributed by atoms with Gasteiger partial charge in [0.2, 0.25) is 0 Å². The maximum atomic E-state index is 4.24. The Bertz CT molecular complexity index is 312. The molecule has 0 bridgehead atoms. The lowest BCUT2D eigenvalue weighted by Crippen LogP contribution is -2.39. The van der Waals surface area contributed by atoms with E-state index in [1.54, 1.807) is 0 Å². The van der Waals surface area contributed by atoms with E-state index < -0.39 is 0 Å². The van der Waals surface area contributed by atoms with Crippen molar-refractivity contribution in [2.75, 3.05) is 13.1 Å². The van der Waals surface area contributed by atoms with E-state index >= 15 is 0 Å². The number of nitrogens with zero attached hydrogens (tertiary/aromatic N) is 2. The Hall–Kier alpha value is -0.870. The van der Waals surface area contributed by atoms with Gasteiger partial charge in [0.05, 0.1) is 6.20 Å². The van der Waals surface area contributed by atoms with Crippen molar-refractivity contribution in [1.29, 1.82) is 0 Å². The number of nitrogens with one attached hydrogen (secondary N) is 2. The van der Waals surface area contributed by atoms with Crippen LogP contribution in [0.5, 0.6) is 0 Å². The van der Waals surface area contributed by atoms with Crippen LogP contribution < -0.4 is 10.6 Å². The molecule has 2 heterocycles. The molecule has 1 fully saturated rings. The predicted octanol–water partition coefficient (Wildman–Crippen LogP) is 0.570. The zero-order chi connectivity index (χ0) is 10.7. The molecule has 0 radical (unpaired) electrons. The number of rotatable bonds is 3. The van der Waals surface area contributed by atoms with Crippen molar-refractivity contribution >= 4 is 0 Å². The molecule has 1 aromatic rings. The normalized spacial score (nSPS) is 18.3. The highest BCUT2D eigenvalue weighted by atomic mass is 15.3. The summed E-state index contributed by atoms with van der Waals surface area (Å²) in [4.78, 5) is 0. The Morgan fingerprint density at radius 1 is 1.53 bits per heavy atom. The van der Waals surface area contributed by atoms with E-state index in [-0.39, 0.29) is 0 Å². The number of hydrogen-bond donors (Lipinski definition) is 2. The molecule has 1 aromatic heterocycles. The third kappa shape index (κ3) is 2.58. The minimum absolute atomic E-state index is 0.672. The summed E-state index contributed by atoms with van der Waals surface area (Å²) < 4.78 is 1.93. The Morgan fingerprint density at radius 2 is 2.27 bits per heavy atom. The fourth-order valence-corrected chi connectivity index (χ4v) is 2.00. The molecule has 1 saturated heterocycles. The van der Waals surface area contributed by atoms with Crippen molar-refractivity contribution in [3.8, 4) is 0 Å². The minimum Gasteiger partial charge on any atom is -0.317 e. The highest BCUT2D eigenvalue weighted by Crippen LogP contribution is 2.07. The van der Waals surface area contributed by atoms with Crippen molar-refractivity contribution < 1.29 is 0 Å². The highest BCUT2D eigenvalue weighted by molar-refractivity contribution is 5.15. The van der Waals surface area contributed by atoms with Gasteiger partial charge in [-0.05, 0) is 32.9 Å². The molecule has 0 amide bonds. The van der Waals surface area contributed by atoms with Crippen molar-refractivity contribution in [3.05, 3.63) is 17.5 Å². The van der Waals surface area contributed by atoms with Crippen LogP contribution in [0.25, 0.3) is 0 Å². The summed E-state index contributed by atoms with van der Waals surface area (Å²) in [5, 5.41) is 11.2. The summed E-state index contributed by atoms with van der Waals surface area (Å²) in [6.45, 7) is 5.35. The van der Waals surface area contributed by atoms with E-state index in [0.717, 1.165) is 19.6 Å². The summed E-state index contributed by atoms with van der Waals surface area (Å²) >= 11 is 0. The first-order valence-electron chi connectivity index (χ1n) is 5.69. The fourth-order valence-electron chi connectivity index (χ4n) is 2.00. The number of aryl methyl sites for hydroxylation is 1. The Kier molecular flexibility index (Phi) is 3.38. The zero-order valence-corrected chi connectivity index (χ0v) is 9.58. The summed E-state index contributed by atoms with van der Waals surface area (Å²) in [6, 6.07) is 0.672. The van der Waals surface area contributed by atoms with E-state index in [1.807, 2.05) is 17.9 Å². The lowest BCUT2D eigenvalue weighted by molar-refractivity contribution is 0.386. The molecule has 4 heteroatoms. The third-order valence-electron chi connectivity index (χ3n) is 3.26. The lowest BCUT2D eigenvalue weighted by Gasteiger charge is -2.23. The molecule has 1 aliphatic rings. The third-order valence-corrected chi connectivity index (χ3v) is 3.26. The van der Waals surface area contributed by atoms with E-state index in [1.165, 1.54) is 24.1 Å². The second-order valence-electron chi connectivity index (χ2n) is 4.28. The van der Waals surface area contributed by atoms with Crippen molar-refractivity contribution in [2.45, 2.75) is 32.4 Å². The second-order valence-corrected chi connectivity index (χ2v) is 4.28. The van der Waals surface area contributed by atoms with E-state index in [4.69, 9.17) is 0 Å². The molecule has 0 aromatic carbocycles. The molecule has 0 saturated carbocycles. The number of piperidine rings is 1. The molecule has 0 atom stereocenters. The predicted molar refractivity (Wildman–Crippen MR) is 60.7 cm³/mol. The van der Waals surface area contributed by atoms with Crippen LogP contribution >= 0.6 is 0 Å². The van der Waals surface area contributed by atoms with Gasteiger partial charge in [-0.15, -0.1) is 0 Å². The average molecular weight is 208 g/mol. The summed E-state index contributed by atoms with van der Waals surface area (Å²) in [5.74, 6) is 0. The monoisotopic (exact) mass is 208 g/mol. The summed E-state index contributed by atoms with van der Waals surface area (Å²) in [5.41, 5.74) is 2.58. The molecule has 84 valence electrons. The van der Waals surface area contributed by atoms with Crippen LogP contribution in [0.4, 0.5) is 0 Å². The van der Waals surface area contributed by atoms with Crippen LogP contribution in [-0.2, 0) is 13.6 Å². The van der Waals surface area contributed by atoms with Crippen molar-refractivity contribution in [3.63, 3.8) is 0 Å². The molecule has 1 aliphatic heterocycles. The molecule has 2 rings (SSSR count). The Labute approximate surface area is 91.1 Å². The summed E-state index contributed by atoms with van der Waals surface area (Å²) in [6.07, 6.45) is 4.43. The molecular weight excluding hydrogens is 188 g/mol. The smallest absolute Gasteiger partial charge is 0.0537 e. The second kappa shape index (κ2) is 4.77. The standard InChI is InChI=1S/C11H20N4/c1-9-10(8-14-15(9)2)7-13-11-3-5-12-6-4-11/h8,11-13H,3-7H2,1-2H3. The van der Waals surface area contributed by atoms with Gasteiger partial charge < -0.3 is 10.6 Å². The topological polar surface area (TPSA) is 41.9 Å². The van der Waals surface area contributed by atoms with Gasteiger partial charge in [0.1, 0.15) is 0 Å². The molecule has 15 heavy (non-hydrogen) atoms. The van der Waals surface area contributed by atoms with E-state index in [9.17, 15) is 0 Å². The van der Waals surface area contributed by atoms with Crippen molar-refractivity contribution in [2.24, 2.45) is 7.05 Å². The SMILES string of the molecule is Cc1c(CNC2CCNCC2)cnn1C. The van der Waals surface area contributed by atoms with Gasteiger partial charge >= 0.3 is 0 Å². The van der Waals surface area contributed by atoms with Gasteiger partial charge in [-0.1, -0.05) is 0 Å². The number of aromatic nitrogens is 2. The Balaban J connectivity index is 1.84.